The molecule has 13 heteroatoms. The monoisotopic (exact) mass is 570 g/mol. The molecule has 0 aromatic carbocycles. The lowest BCUT2D eigenvalue weighted by molar-refractivity contribution is -0.262. The van der Waals surface area contributed by atoms with E-state index in [0.29, 0.717) is 32.1 Å². The first-order chi connectivity index (χ1) is 16.9. The normalized spacial score (nSPS) is 45.0. The maximum absolute atomic E-state index is 17.0. The van der Waals surface area contributed by atoms with E-state index >= 15 is 4.39 Å². The van der Waals surface area contributed by atoms with Crippen LogP contribution in [0.15, 0.2) is 0 Å². The summed E-state index contributed by atoms with van der Waals surface area (Å²) in [5, 5.41) is 9.16. The number of fused-ring (bicyclic) bond motifs is 5. The van der Waals surface area contributed by atoms with Crippen molar-refractivity contribution in [2.75, 3.05) is 0 Å². The molecule has 0 aromatic heterocycles. The van der Waals surface area contributed by atoms with Crippen LogP contribution in [0.5, 0.6) is 0 Å². The molecule has 37 heavy (non-hydrogen) atoms. The van der Waals surface area contributed by atoms with Crippen LogP contribution in [-0.4, -0.2) is 42.6 Å². The standard InChI is InChI=1S/C24H41FO10P2/c1-14(4-7-20(26)27)17-5-6-18-21-19(9-11-23(17,18)3)22(2)10-8-16(34-36(28,29)30)12-15(22)13-24(21,25)35-37(31,32)33/h14-19,21H,4-13H2,1-3H3,(H,26,27)(H2,28,29,30)(H2,31,32,33). The number of carboxylic acid groups (broad SMARTS) is 1. The summed E-state index contributed by atoms with van der Waals surface area (Å²) in [6.07, 6.45) is 3.64. The molecule has 214 valence electrons. The lowest BCUT2D eigenvalue weighted by Crippen LogP contribution is -2.62. The van der Waals surface area contributed by atoms with Crippen molar-refractivity contribution in [3.05, 3.63) is 0 Å². The van der Waals surface area contributed by atoms with Gasteiger partial charge in [0.1, 0.15) is 0 Å². The third-order valence-corrected chi connectivity index (χ3v) is 11.9. The zero-order valence-electron chi connectivity index (χ0n) is 21.7. The Hall–Kier alpha value is -0.380. The third kappa shape index (κ3) is 5.76. The van der Waals surface area contributed by atoms with E-state index in [1.54, 1.807) is 0 Å². The Bertz CT molecular complexity index is 985. The smallest absolute Gasteiger partial charge is 0.472 e. The van der Waals surface area contributed by atoms with Gasteiger partial charge in [-0.3, -0.25) is 9.32 Å². The topological polar surface area (TPSA) is 171 Å². The van der Waals surface area contributed by atoms with Crippen molar-refractivity contribution < 1.29 is 52.0 Å². The van der Waals surface area contributed by atoms with Crippen LogP contribution in [0.4, 0.5) is 4.39 Å². The predicted molar refractivity (Wildman–Crippen MR) is 131 cm³/mol. The Balaban J connectivity index is 1.67. The Kier molecular flexibility index (Phi) is 7.93. The molecule has 0 spiro atoms. The number of halogens is 1. The van der Waals surface area contributed by atoms with Crippen LogP contribution >= 0.6 is 15.6 Å². The van der Waals surface area contributed by atoms with Crippen LogP contribution in [0.25, 0.3) is 0 Å². The van der Waals surface area contributed by atoms with Gasteiger partial charge in [-0.1, -0.05) is 20.8 Å². The number of carboxylic acids is 1. The van der Waals surface area contributed by atoms with Crippen LogP contribution in [0.1, 0.15) is 85.0 Å². The van der Waals surface area contributed by atoms with E-state index in [2.05, 4.69) is 13.8 Å². The molecular formula is C24H41FO10P2. The number of hydrogen-bond donors (Lipinski definition) is 5. The molecule has 4 fully saturated rings. The minimum atomic E-state index is -5.19. The van der Waals surface area contributed by atoms with Crippen LogP contribution in [0.2, 0.25) is 0 Å². The summed E-state index contributed by atoms with van der Waals surface area (Å²) in [5.74, 6) is -4.71. The summed E-state index contributed by atoms with van der Waals surface area (Å²) >= 11 is 0. The second-order valence-electron chi connectivity index (χ2n) is 12.6. The van der Waals surface area contributed by atoms with Crippen molar-refractivity contribution >= 4 is 21.6 Å². The molecule has 0 radical (unpaired) electrons. The zero-order valence-corrected chi connectivity index (χ0v) is 23.5. The zero-order chi connectivity index (χ0) is 27.6. The SMILES string of the molecule is CC(CCC(=O)O)C1CCC2C3C(CCC12C)C1(C)CCC(OP(=O)(O)O)CC1CC3(F)OP(=O)(O)O. The van der Waals surface area contributed by atoms with E-state index in [4.69, 9.17) is 14.2 Å². The fourth-order valence-electron chi connectivity index (χ4n) is 9.25. The van der Waals surface area contributed by atoms with Gasteiger partial charge in [0.05, 0.1) is 6.10 Å². The van der Waals surface area contributed by atoms with E-state index in [0.717, 1.165) is 12.8 Å². The Morgan fingerprint density at radius 1 is 1.00 bits per heavy atom. The van der Waals surface area contributed by atoms with Crippen molar-refractivity contribution in [2.45, 2.75) is 96.9 Å². The fraction of sp³-hybridized carbons (Fsp3) is 0.958. The van der Waals surface area contributed by atoms with Crippen molar-refractivity contribution in [2.24, 2.45) is 46.3 Å². The molecule has 10 unspecified atom stereocenters. The summed E-state index contributed by atoms with van der Waals surface area (Å²) < 4.78 is 50.5. The number of phosphoric acid groups is 2. The van der Waals surface area contributed by atoms with E-state index in [1.807, 2.05) is 6.92 Å². The Morgan fingerprint density at radius 3 is 2.22 bits per heavy atom. The van der Waals surface area contributed by atoms with Crippen molar-refractivity contribution in [3.63, 3.8) is 0 Å². The molecular weight excluding hydrogens is 529 g/mol. The second-order valence-corrected chi connectivity index (χ2v) is 15.0. The van der Waals surface area contributed by atoms with Gasteiger partial charge in [0.2, 0.25) is 5.85 Å². The molecule has 4 aliphatic carbocycles. The summed E-state index contributed by atoms with van der Waals surface area (Å²) in [5.41, 5.74) is -0.694. The number of phosphoric ester groups is 2. The highest BCUT2D eigenvalue weighted by Crippen LogP contribution is 2.72. The van der Waals surface area contributed by atoms with E-state index in [-0.39, 0.29) is 53.8 Å². The summed E-state index contributed by atoms with van der Waals surface area (Å²) in [7, 11) is -9.93. The lowest BCUT2D eigenvalue weighted by atomic mass is 9.43. The van der Waals surface area contributed by atoms with Gasteiger partial charge in [0, 0.05) is 18.8 Å². The molecule has 4 rings (SSSR count). The minimum Gasteiger partial charge on any atom is -0.481 e. The molecule has 4 saturated carbocycles. The van der Waals surface area contributed by atoms with Crippen LogP contribution in [-0.2, 0) is 23.0 Å². The van der Waals surface area contributed by atoms with Crippen molar-refractivity contribution in [3.8, 4) is 0 Å². The van der Waals surface area contributed by atoms with Crippen LogP contribution in [0.3, 0.4) is 0 Å². The highest BCUT2D eigenvalue weighted by molar-refractivity contribution is 7.46. The third-order valence-electron chi connectivity index (χ3n) is 10.8. The minimum absolute atomic E-state index is 0.0659. The van der Waals surface area contributed by atoms with Gasteiger partial charge in [-0.05, 0) is 91.8 Å². The molecule has 0 aliphatic heterocycles. The van der Waals surface area contributed by atoms with E-state index < -0.39 is 45.4 Å². The molecule has 0 bridgehead atoms. The molecule has 0 aromatic rings. The van der Waals surface area contributed by atoms with Gasteiger partial charge < -0.3 is 24.7 Å². The maximum atomic E-state index is 17.0. The van der Waals surface area contributed by atoms with E-state index in [1.165, 1.54) is 0 Å². The fourth-order valence-corrected chi connectivity index (χ4v) is 10.4. The van der Waals surface area contributed by atoms with Gasteiger partial charge in [0.15, 0.2) is 0 Å². The largest absolute Gasteiger partial charge is 0.481 e. The summed E-state index contributed by atoms with van der Waals surface area (Å²) in [6.45, 7) is 6.24. The quantitative estimate of drug-likeness (QED) is 0.250. The average Bonchev–Trinajstić information content (AvgIpc) is 3.08. The first-order valence-electron chi connectivity index (χ1n) is 13.3. The van der Waals surface area contributed by atoms with Crippen LogP contribution in [0, 0.1) is 46.3 Å². The number of hydrogen-bond acceptors (Lipinski definition) is 5. The molecule has 0 heterocycles. The first kappa shape index (κ1) is 29.6. The van der Waals surface area contributed by atoms with Gasteiger partial charge in [-0.25, -0.2) is 18.0 Å². The van der Waals surface area contributed by atoms with Crippen molar-refractivity contribution in [1.82, 2.24) is 0 Å². The highest BCUT2D eigenvalue weighted by Gasteiger charge is 2.69. The van der Waals surface area contributed by atoms with Gasteiger partial charge in [-0.2, -0.15) is 0 Å². The molecule has 10 nitrogen and oxygen atoms in total. The molecule has 10 atom stereocenters. The van der Waals surface area contributed by atoms with Crippen molar-refractivity contribution in [1.29, 1.82) is 0 Å². The predicted octanol–water partition coefficient (Wildman–Crippen LogP) is 5.01. The lowest BCUT2D eigenvalue weighted by Gasteiger charge is -2.64. The number of aliphatic carboxylic acids is 1. The second kappa shape index (κ2) is 9.91. The van der Waals surface area contributed by atoms with Crippen LogP contribution < -0.4 is 0 Å². The number of carbonyl (C=O) groups is 1. The summed E-state index contributed by atoms with van der Waals surface area (Å²) in [4.78, 5) is 49.2. The highest BCUT2D eigenvalue weighted by atomic mass is 31.2. The molecule has 5 N–H and O–H groups in total. The average molecular weight is 571 g/mol. The Labute approximate surface area is 217 Å². The maximum Gasteiger partial charge on any atom is 0.472 e. The first-order valence-corrected chi connectivity index (χ1v) is 16.3. The summed E-state index contributed by atoms with van der Waals surface area (Å²) in [6, 6.07) is 0. The Morgan fingerprint density at radius 2 is 1.62 bits per heavy atom. The molecule has 0 amide bonds. The van der Waals surface area contributed by atoms with Gasteiger partial charge in [-0.15, -0.1) is 0 Å². The van der Waals surface area contributed by atoms with Gasteiger partial charge in [0.25, 0.3) is 0 Å². The molecule has 0 saturated heterocycles. The number of rotatable bonds is 8. The molecule has 4 aliphatic rings. The van der Waals surface area contributed by atoms with Gasteiger partial charge >= 0.3 is 21.6 Å². The van der Waals surface area contributed by atoms with E-state index in [9.17, 15) is 33.5 Å². The number of alkyl halides is 1.